The number of esters is 1. The van der Waals surface area contributed by atoms with Crippen molar-refractivity contribution in [2.45, 2.75) is 46.5 Å². The normalized spacial score (nSPS) is 8.50. The van der Waals surface area contributed by atoms with Crippen molar-refractivity contribution in [3.8, 4) is 0 Å². The van der Waals surface area contributed by atoms with E-state index in [9.17, 15) is 4.79 Å². The van der Waals surface area contributed by atoms with Crippen LogP contribution in [-0.2, 0) is 14.3 Å². The number of carboxylic acid groups (broad SMARTS) is 1. The Hall–Kier alpha value is -1.06. The van der Waals surface area contributed by atoms with Crippen LogP contribution in [0, 0.1) is 0 Å². The summed E-state index contributed by atoms with van der Waals surface area (Å²) in [7, 11) is 0. The highest BCUT2D eigenvalue weighted by Gasteiger charge is 1.97. The summed E-state index contributed by atoms with van der Waals surface area (Å²) in [4.78, 5) is 19.7. The third-order valence-electron chi connectivity index (χ3n) is 1.22. The highest BCUT2D eigenvalue weighted by atomic mass is 16.5. The van der Waals surface area contributed by atoms with Gasteiger partial charge in [0.25, 0.3) is 5.97 Å². The summed E-state index contributed by atoms with van der Waals surface area (Å²) >= 11 is 0. The summed E-state index contributed by atoms with van der Waals surface area (Å²) in [5.41, 5.74) is 0. The number of aliphatic carboxylic acids is 1. The molecule has 0 aliphatic rings. The van der Waals surface area contributed by atoms with Crippen LogP contribution in [0.3, 0.4) is 0 Å². The van der Waals surface area contributed by atoms with Gasteiger partial charge in [0.05, 0.1) is 6.61 Å². The van der Waals surface area contributed by atoms with E-state index in [0.717, 1.165) is 26.2 Å². The first-order valence-corrected chi connectivity index (χ1v) is 4.89. The summed E-state index contributed by atoms with van der Waals surface area (Å²) in [6.07, 6.45) is 3.50. The first kappa shape index (κ1) is 15.4. The molecule has 14 heavy (non-hydrogen) atoms. The molecule has 4 heteroatoms. The van der Waals surface area contributed by atoms with Gasteiger partial charge in [-0.1, -0.05) is 20.3 Å². The lowest BCUT2D eigenvalue weighted by molar-refractivity contribution is -0.143. The SMILES string of the molecule is CC(=O)O.CCCCOC(=O)CCC. The van der Waals surface area contributed by atoms with E-state index in [0.29, 0.717) is 13.0 Å². The van der Waals surface area contributed by atoms with Crippen LogP contribution in [0.2, 0.25) is 0 Å². The van der Waals surface area contributed by atoms with E-state index in [1.54, 1.807) is 0 Å². The average molecular weight is 204 g/mol. The van der Waals surface area contributed by atoms with Gasteiger partial charge < -0.3 is 9.84 Å². The van der Waals surface area contributed by atoms with Crippen LogP contribution in [0.4, 0.5) is 0 Å². The minimum absolute atomic E-state index is 0.0593. The predicted molar refractivity (Wildman–Crippen MR) is 54.1 cm³/mol. The van der Waals surface area contributed by atoms with Gasteiger partial charge in [0.15, 0.2) is 0 Å². The molecule has 0 heterocycles. The van der Waals surface area contributed by atoms with Crippen molar-refractivity contribution in [3.63, 3.8) is 0 Å². The fourth-order valence-corrected chi connectivity index (χ4v) is 0.607. The van der Waals surface area contributed by atoms with Crippen LogP contribution in [0.15, 0.2) is 0 Å². The molecule has 0 atom stereocenters. The highest BCUT2D eigenvalue weighted by molar-refractivity contribution is 5.69. The van der Waals surface area contributed by atoms with Crippen LogP contribution < -0.4 is 0 Å². The molecule has 0 spiro atoms. The molecule has 0 amide bonds. The van der Waals surface area contributed by atoms with Crippen LogP contribution >= 0.6 is 0 Å². The summed E-state index contributed by atoms with van der Waals surface area (Å²) in [6.45, 7) is 5.73. The van der Waals surface area contributed by atoms with E-state index in [1.165, 1.54) is 0 Å². The smallest absolute Gasteiger partial charge is 0.305 e. The Balaban J connectivity index is 0. The van der Waals surface area contributed by atoms with Crippen molar-refractivity contribution < 1.29 is 19.4 Å². The monoisotopic (exact) mass is 204 g/mol. The van der Waals surface area contributed by atoms with Gasteiger partial charge >= 0.3 is 5.97 Å². The Morgan fingerprint density at radius 2 is 1.71 bits per heavy atom. The summed E-state index contributed by atoms with van der Waals surface area (Å²) < 4.78 is 4.88. The van der Waals surface area contributed by atoms with Crippen LogP contribution in [0.1, 0.15) is 46.5 Å². The van der Waals surface area contributed by atoms with Crippen molar-refractivity contribution in [2.24, 2.45) is 0 Å². The molecule has 0 rings (SSSR count). The van der Waals surface area contributed by atoms with E-state index in [-0.39, 0.29) is 5.97 Å². The van der Waals surface area contributed by atoms with Gasteiger partial charge in [0.1, 0.15) is 0 Å². The number of ether oxygens (including phenoxy) is 1. The number of carboxylic acids is 1. The second-order valence-corrected chi connectivity index (χ2v) is 2.84. The second kappa shape index (κ2) is 11.9. The molecule has 0 aromatic carbocycles. The van der Waals surface area contributed by atoms with Crippen molar-refractivity contribution in [1.29, 1.82) is 0 Å². The van der Waals surface area contributed by atoms with E-state index in [2.05, 4.69) is 6.92 Å². The molecular weight excluding hydrogens is 184 g/mol. The number of hydrogen-bond donors (Lipinski definition) is 1. The Morgan fingerprint density at radius 1 is 1.21 bits per heavy atom. The first-order chi connectivity index (χ1) is 6.54. The second-order valence-electron chi connectivity index (χ2n) is 2.84. The standard InChI is InChI=1S/C8H16O2.C2H4O2/c1-3-5-7-10-8(9)6-4-2;1-2(3)4/h3-7H2,1-2H3;1H3,(H,3,4). The minimum atomic E-state index is -0.833. The lowest BCUT2D eigenvalue weighted by Crippen LogP contribution is -2.04. The maximum atomic E-state index is 10.7. The lowest BCUT2D eigenvalue weighted by atomic mass is 10.3. The van der Waals surface area contributed by atoms with E-state index >= 15 is 0 Å². The molecule has 0 radical (unpaired) electrons. The zero-order valence-electron chi connectivity index (χ0n) is 9.21. The molecule has 0 saturated carbocycles. The fourth-order valence-electron chi connectivity index (χ4n) is 0.607. The molecule has 0 aromatic heterocycles. The van der Waals surface area contributed by atoms with Crippen molar-refractivity contribution >= 4 is 11.9 Å². The van der Waals surface area contributed by atoms with Gasteiger partial charge in [-0.2, -0.15) is 0 Å². The Bertz CT molecular complexity index is 150. The molecule has 1 N–H and O–H groups in total. The molecule has 4 nitrogen and oxygen atoms in total. The molecule has 84 valence electrons. The van der Waals surface area contributed by atoms with Crippen molar-refractivity contribution in [1.82, 2.24) is 0 Å². The van der Waals surface area contributed by atoms with Gasteiger partial charge in [0, 0.05) is 13.3 Å². The average Bonchev–Trinajstić information content (AvgIpc) is 2.04. The molecule has 0 aliphatic heterocycles. The molecule has 0 aliphatic carbocycles. The van der Waals surface area contributed by atoms with E-state index in [4.69, 9.17) is 14.6 Å². The van der Waals surface area contributed by atoms with Crippen LogP contribution in [0.25, 0.3) is 0 Å². The molecule has 0 unspecified atom stereocenters. The Morgan fingerprint density at radius 3 is 2.07 bits per heavy atom. The maximum Gasteiger partial charge on any atom is 0.305 e. The maximum absolute atomic E-state index is 10.7. The number of carbonyl (C=O) groups is 2. The summed E-state index contributed by atoms with van der Waals surface area (Å²) in [5.74, 6) is -0.893. The number of rotatable bonds is 5. The zero-order valence-corrected chi connectivity index (χ0v) is 9.21. The first-order valence-electron chi connectivity index (χ1n) is 4.89. The van der Waals surface area contributed by atoms with Crippen molar-refractivity contribution in [2.75, 3.05) is 6.61 Å². The molecule has 0 saturated heterocycles. The third kappa shape index (κ3) is 22.4. The van der Waals surface area contributed by atoms with Gasteiger partial charge in [-0.05, 0) is 12.8 Å². The molecule has 0 bridgehead atoms. The summed E-state index contributed by atoms with van der Waals surface area (Å²) in [6, 6.07) is 0. The van der Waals surface area contributed by atoms with E-state index in [1.807, 2.05) is 6.92 Å². The zero-order chi connectivity index (χ0) is 11.4. The van der Waals surface area contributed by atoms with E-state index < -0.39 is 5.97 Å². The van der Waals surface area contributed by atoms with Gasteiger partial charge in [-0.15, -0.1) is 0 Å². The number of unbranched alkanes of at least 4 members (excludes halogenated alkanes) is 1. The largest absolute Gasteiger partial charge is 0.481 e. The summed E-state index contributed by atoms with van der Waals surface area (Å²) in [5, 5.41) is 7.42. The van der Waals surface area contributed by atoms with Crippen LogP contribution in [-0.4, -0.2) is 23.7 Å². The van der Waals surface area contributed by atoms with Gasteiger partial charge in [0.2, 0.25) is 0 Å². The Kier molecular flexibility index (Phi) is 13.1. The van der Waals surface area contributed by atoms with Gasteiger partial charge in [-0.25, -0.2) is 0 Å². The predicted octanol–water partition coefficient (Wildman–Crippen LogP) is 2.22. The molecule has 0 fully saturated rings. The quantitative estimate of drug-likeness (QED) is 0.551. The van der Waals surface area contributed by atoms with Crippen molar-refractivity contribution in [3.05, 3.63) is 0 Å². The number of hydrogen-bond acceptors (Lipinski definition) is 3. The molecule has 0 aromatic rings. The molecular formula is C10H20O4. The van der Waals surface area contributed by atoms with Gasteiger partial charge in [-0.3, -0.25) is 9.59 Å². The lowest BCUT2D eigenvalue weighted by Gasteiger charge is -2.00. The Labute approximate surface area is 85.3 Å². The topological polar surface area (TPSA) is 63.6 Å². The number of carbonyl (C=O) groups excluding carboxylic acids is 1. The third-order valence-corrected chi connectivity index (χ3v) is 1.22. The van der Waals surface area contributed by atoms with Crippen LogP contribution in [0.5, 0.6) is 0 Å². The fraction of sp³-hybridized carbons (Fsp3) is 0.800. The highest BCUT2D eigenvalue weighted by Crippen LogP contribution is 1.93. The minimum Gasteiger partial charge on any atom is -0.481 e.